The molecule has 8 heteroatoms. The van der Waals surface area contributed by atoms with Gasteiger partial charge in [-0.15, -0.1) is 0 Å². The Labute approximate surface area is 277 Å². The predicted molar refractivity (Wildman–Crippen MR) is 182 cm³/mol. The monoisotopic (exact) mass is 646 g/mol. The van der Waals surface area contributed by atoms with E-state index >= 15 is 4.39 Å². The molecule has 2 atom stereocenters. The number of piperidine rings is 1. The summed E-state index contributed by atoms with van der Waals surface area (Å²) >= 11 is 0. The molecule has 2 fully saturated rings. The number of hydrogen-bond acceptors (Lipinski definition) is 5. The van der Waals surface area contributed by atoms with Crippen LogP contribution in [-0.2, 0) is 6.42 Å². The summed E-state index contributed by atoms with van der Waals surface area (Å²) in [6.07, 6.45) is 8.32. The highest BCUT2D eigenvalue weighted by Gasteiger charge is 2.43. The quantitative estimate of drug-likeness (QED) is 0.277. The third kappa shape index (κ3) is 7.43. The minimum absolute atomic E-state index is 0.0190. The van der Waals surface area contributed by atoms with Crippen molar-refractivity contribution in [3.05, 3.63) is 87.5 Å². The Hall–Kier alpha value is -3.26. The molecule has 1 saturated carbocycles. The molecule has 0 radical (unpaired) electrons. The number of anilines is 1. The third-order valence-electron chi connectivity index (χ3n) is 10.4. The Morgan fingerprint density at radius 2 is 1.57 bits per heavy atom. The van der Waals surface area contributed by atoms with Gasteiger partial charge in [-0.2, -0.15) is 0 Å². The number of allylic oxidation sites excluding steroid dienone is 1. The number of alkyl halides is 3. The van der Waals surface area contributed by atoms with E-state index in [0.29, 0.717) is 54.5 Å². The van der Waals surface area contributed by atoms with Crippen LogP contribution in [0, 0.1) is 18.3 Å². The van der Waals surface area contributed by atoms with Gasteiger partial charge in [-0.1, -0.05) is 69.7 Å². The van der Waals surface area contributed by atoms with Gasteiger partial charge in [-0.3, -0.25) is 4.98 Å². The second kappa shape index (κ2) is 13.3. The largest absolute Gasteiger partial charge is 0.388 e. The maximum atomic E-state index is 17.2. The molecule has 3 aliphatic rings. The Morgan fingerprint density at radius 3 is 2.19 bits per heavy atom. The number of aromatic nitrogens is 3. The maximum Gasteiger partial charge on any atom is 0.248 e. The van der Waals surface area contributed by atoms with Crippen molar-refractivity contribution in [2.45, 2.75) is 116 Å². The zero-order chi connectivity index (χ0) is 33.5. The van der Waals surface area contributed by atoms with Crippen molar-refractivity contribution >= 4 is 12.0 Å². The lowest BCUT2D eigenvalue weighted by atomic mass is 9.68. The van der Waals surface area contributed by atoms with Gasteiger partial charge < -0.3 is 10.0 Å². The zero-order valence-electron chi connectivity index (χ0n) is 28.4. The van der Waals surface area contributed by atoms with Crippen molar-refractivity contribution < 1.29 is 18.3 Å². The molecule has 1 aromatic carbocycles. The van der Waals surface area contributed by atoms with E-state index < -0.39 is 18.2 Å². The second-order valence-electron chi connectivity index (χ2n) is 15.3. The van der Waals surface area contributed by atoms with Crippen molar-refractivity contribution in [2.24, 2.45) is 11.3 Å². The predicted octanol–water partition coefficient (Wildman–Crippen LogP) is 9.59. The second-order valence-corrected chi connectivity index (χ2v) is 15.3. The summed E-state index contributed by atoms with van der Waals surface area (Å²) in [7, 11) is 0. The van der Waals surface area contributed by atoms with Crippen LogP contribution in [0.5, 0.6) is 0 Å². The van der Waals surface area contributed by atoms with E-state index in [4.69, 9.17) is 4.98 Å². The zero-order valence-corrected chi connectivity index (χ0v) is 28.4. The molecule has 1 saturated heterocycles. The minimum atomic E-state index is -2.71. The number of rotatable bonds is 7. The standard InChI is InChI=1S/C39H49F3N4O/c1-24(2)6-9-26-22-43-37(44-23-26)46-18-14-29(15-19-46)36-34(35(40)28-10-7-25(3)8-11-28)32(27-12-16-39(41,42)17-13-27)33-30(45-36)20-38(4,5)21-31(33)47/h6-11,22-24,27,29,31,35,47H,12-21H2,1-5H3/b9-6+/t31-,35-/m0/s1. The van der Waals surface area contributed by atoms with E-state index in [0.717, 1.165) is 40.9 Å². The first-order valence-electron chi connectivity index (χ1n) is 17.4. The number of pyridine rings is 1. The molecule has 0 unspecified atom stereocenters. The molecule has 0 spiro atoms. The smallest absolute Gasteiger partial charge is 0.248 e. The Kier molecular flexibility index (Phi) is 9.54. The summed E-state index contributed by atoms with van der Waals surface area (Å²) in [5.74, 6) is -1.86. The van der Waals surface area contributed by atoms with E-state index in [9.17, 15) is 13.9 Å². The summed E-state index contributed by atoms with van der Waals surface area (Å²) in [6, 6.07) is 7.46. The van der Waals surface area contributed by atoms with Crippen LogP contribution in [0.15, 0.2) is 42.7 Å². The van der Waals surface area contributed by atoms with Crippen LogP contribution in [0.3, 0.4) is 0 Å². The van der Waals surface area contributed by atoms with Gasteiger partial charge in [0, 0.05) is 66.6 Å². The lowest BCUT2D eigenvalue weighted by Crippen LogP contribution is -2.36. The van der Waals surface area contributed by atoms with Crippen LogP contribution in [0.2, 0.25) is 0 Å². The van der Waals surface area contributed by atoms with Gasteiger partial charge in [0.25, 0.3) is 0 Å². The van der Waals surface area contributed by atoms with E-state index in [1.54, 1.807) is 0 Å². The van der Waals surface area contributed by atoms with Gasteiger partial charge in [0.15, 0.2) is 6.17 Å². The number of aliphatic hydroxyl groups is 1. The summed E-state index contributed by atoms with van der Waals surface area (Å²) in [5, 5.41) is 11.6. The van der Waals surface area contributed by atoms with Crippen molar-refractivity contribution in [2.75, 3.05) is 18.0 Å². The molecule has 0 amide bonds. The third-order valence-corrected chi connectivity index (χ3v) is 10.4. The molecule has 6 rings (SSSR count). The van der Waals surface area contributed by atoms with E-state index in [2.05, 4.69) is 48.6 Å². The molecule has 0 bridgehead atoms. The van der Waals surface area contributed by atoms with Crippen LogP contribution in [-0.4, -0.2) is 39.1 Å². The number of aryl methyl sites for hydroxylation is 1. The van der Waals surface area contributed by atoms with E-state index in [1.165, 1.54) is 0 Å². The van der Waals surface area contributed by atoms with Crippen LogP contribution >= 0.6 is 0 Å². The molecule has 2 aromatic heterocycles. The number of aliphatic hydroxyl groups excluding tert-OH is 1. The van der Waals surface area contributed by atoms with Gasteiger partial charge in [0.1, 0.15) is 0 Å². The number of fused-ring (bicyclic) bond motifs is 1. The molecule has 3 aromatic rings. The molecule has 1 N–H and O–H groups in total. The highest BCUT2D eigenvalue weighted by molar-refractivity contribution is 5.52. The molecule has 252 valence electrons. The topological polar surface area (TPSA) is 62.1 Å². The van der Waals surface area contributed by atoms with Gasteiger partial charge in [-0.05, 0) is 73.8 Å². The molecular weight excluding hydrogens is 597 g/mol. The van der Waals surface area contributed by atoms with Gasteiger partial charge in [-0.25, -0.2) is 23.1 Å². The summed E-state index contributed by atoms with van der Waals surface area (Å²) in [6.45, 7) is 11.9. The van der Waals surface area contributed by atoms with Crippen LogP contribution in [0.1, 0.15) is 142 Å². The first-order chi connectivity index (χ1) is 22.3. The fourth-order valence-corrected chi connectivity index (χ4v) is 7.85. The normalized spacial score (nSPS) is 22.5. The minimum Gasteiger partial charge on any atom is -0.388 e. The van der Waals surface area contributed by atoms with Crippen molar-refractivity contribution in [3.63, 3.8) is 0 Å². The van der Waals surface area contributed by atoms with Gasteiger partial charge >= 0.3 is 0 Å². The molecule has 5 nitrogen and oxygen atoms in total. The Balaban J connectivity index is 1.40. The van der Waals surface area contributed by atoms with E-state index in [-0.39, 0.29) is 42.9 Å². The first-order valence-corrected chi connectivity index (χ1v) is 17.4. The number of hydrogen-bond donors (Lipinski definition) is 1. The first kappa shape index (κ1) is 33.6. The molecule has 2 aliphatic carbocycles. The van der Waals surface area contributed by atoms with Crippen molar-refractivity contribution in [1.29, 1.82) is 0 Å². The fraction of sp³-hybridized carbons (Fsp3) is 0.564. The fourth-order valence-electron chi connectivity index (χ4n) is 7.85. The highest BCUT2D eigenvalue weighted by Crippen LogP contribution is 2.52. The maximum absolute atomic E-state index is 17.2. The number of nitrogens with zero attached hydrogens (tertiary/aromatic N) is 4. The van der Waals surface area contributed by atoms with Crippen molar-refractivity contribution in [3.8, 4) is 0 Å². The van der Waals surface area contributed by atoms with Crippen LogP contribution in [0.25, 0.3) is 6.08 Å². The van der Waals surface area contributed by atoms with Gasteiger partial charge in [0.05, 0.1) is 11.8 Å². The lowest BCUT2D eigenvalue weighted by Gasteiger charge is -2.41. The molecule has 1 aliphatic heterocycles. The highest BCUT2D eigenvalue weighted by atomic mass is 19.3. The van der Waals surface area contributed by atoms with Crippen LogP contribution in [0.4, 0.5) is 19.1 Å². The number of benzene rings is 1. The molecular formula is C39H49F3N4O. The lowest BCUT2D eigenvalue weighted by molar-refractivity contribution is -0.0385. The average Bonchev–Trinajstić information content (AvgIpc) is 3.03. The van der Waals surface area contributed by atoms with Crippen LogP contribution < -0.4 is 4.90 Å². The molecule has 3 heterocycles. The van der Waals surface area contributed by atoms with Gasteiger partial charge in [0.2, 0.25) is 11.9 Å². The number of halogens is 3. The SMILES string of the molecule is Cc1ccc([C@H](F)c2c(C3CCN(c4ncc(/C=C/C(C)C)cn4)CC3)nc3c(c2C2CCC(F)(F)CC2)[C@@H](O)CC(C)(C)C3)cc1. The Bertz CT molecular complexity index is 1570. The molecule has 47 heavy (non-hydrogen) atoms. The summed E-state index contributed by atoms with van der Waals surface area (Å²) in [4.78, 5) is 16.7. The van der Waals surface area contributed by atoms with Crippen molar-refractivity contribution in [1.82, 2.24) is 15.0 Å². The van der Waals surface area contributed by atoms with E-state index in [1.807, 2.05) is 49.7 Å². The summed E-state index contributed by atoms with van der Waals surface area (Å²) < 4.78 is 46.1. The average molecular weight is 647 g/mol. The Morgan fingerprint density at radius 1 is 0.936 bits per heavy atom. The summed E-state index contributed by atoms with van der Waals surface area (Å²) in [5.41, 5.74) is 5.87.